The number of hydrogen-bond donors (Lipinski definition) is 6. The van der Waals surface area contributed by atoms with Gasteiger partial charge in [-0.1, -0.05) is 51.3 Å². The lowest BCUT2D eigenvalue weighted by Crippen LogP contribution is -2.44. The van der Waals surface area contributed by atoms with E-state index in [-0.39, 0.29) is 54.9 Å². The van der Waals surface area contributed by atoms with Gasteiger partial charge in [0.2, 0.25) is 0 Å². The van der Waals surface area contributed by atoms with Crippen molar-refractivity contribution in [3.8, 4) is 51.9 Å². The third-order valence-electron chi connectivity index (χ3n) is 14.5. The summed E-state index contributed by atoms with van der Waals surface area (Å²) in [6, 6.07) is 11.7. The van der Waals surface area contributed by atoms with Crippen LogP contribution in [0.25, 0.3) is 11.1 Å². The molecule has 5 aliphatic rings. The van der Waals surface area contributed by atoms with Gasteiger partial charge in [-0.15, -0.1) is 0 Å². The summed E-state index contributed by atoms with van der Waals surface area (Å²) in [4.78, 5) is 4.25. The minimum absolute atomic E-state index is 0.0176. The molecule has 1 fully saturated rings. The molecule has 2 heterocycles. The second kappa shape index (κ2) is 18.8. The van der Waals surface area contributed by atoms with Crippen LogP contribution in [-0.2, 0) is 19.3 Å². The number of rotatable bonds is 12. The molecule has 0 amide bonds. The fraction of sp³-hybridized carbons (Fsp3) is 0.549. The number of nitrogens with zero attached hydrogens (tertiary/aromatic N) is 1. The maximum Gasteiger partial charge on any atom is 0.185 e. The summed E-state index contributed by atoms with van der Waals surface area (Å²) in [6.07, 6.45) is 13.2. The molecule has 3 aromatic rings. The van der Waals surface area contributed by atoms with Crippen molar-refractivity contribution in [1.29, 1.82) is 0 Å². The maximum absolute atomic E-state index is 12.2. The molecule has 10 atom stereocenters. The molecule has 0 spiro atoms. The van der Waals surface area contributed by atoms with E-state index in [1.165, 1.54) is 0 Å². The van der Waals surface area contributed by atoms with Gasteiger partial charge in [-0.25, -0.2) is 0 Å². The summed E-state index contributed by atoms with van der Waals surface area (Å²) in [5.74, 6) is 7.41. The second-order valence-corrected chi connectivity index (χ2v) is 18.7. The standard InChI is InChI=1S/C51H65N3O8/c1-5-29-20-32(10-8-30(29)15-17-55)38-21-35-23-41(57)36(19-28(2)3)22-39(35)48-46(59-4)26-44-40(47(38)48)25-42(58)50(61-44)33-12-13-43-45(24-33)62-49-31(7-6-18-60-43)9-11-34(27-56)37(49)14-16-54-51(52)53/h8,10,12-13,22-24,26,28-32,34,37-38,42,49-50,55-58H,5,7,9,11,14-17,19-21,25,27H2,1-4H3,(H4,52,53,54)/t29-,30+,31-,32-,34+,37-,38-,42-,49-,50+/m1/s1. The van der Waals surface area contributed by atoms with Gasteiger partial charge in [-0.2, -0.15) is 0 Å². The molecule has 332 valence electrons. The van der Waals surface area contributed by atoms with Gasteiger partial charge in [-0.3, -0.25) is 4.99 Å². The zero-order valence-corrected chi connectivity index (χ0v) is 36.7. The highest BCUT2D eigenvalue weighted by Crippen LogP contribution is 2.56. The van der Waals surface area contributed by atoms with Crippen molar-refractivity contribution < 1.29 is 39.4 Å². The average Bonchev–Trinajstić information content (AvgIpc) is 3.34. The van der Waals surface area contributed by atoms with Gasteiger partial charge >= 0.3 is 0 Å². The number of aromatic hydroxyl groups is 1. The van der Waals surface area contributed by atoms with Crippen molar-refractivity contribution in [2.45, 2.75) is 109 Å². The molecule has 11 heteroatoms. The molecule has 8 rings (SSSR count). The number of aliphatic hydroxyl groups excluding tert-OH is 3. The molecular weight excluding hydrogens is 783 g/mol. The highest BCUT2D eigenvalue weighted by atomic mass is 16.5. The number of aliphatic imine (C=N–C) groups is 1. The fourth-order valence-corrected chi connectivity index (χ4v) is 11.4. The van der Waals surface area contributed by atoms with Gasteiger partial charge in [0, 0.05) is 61.6 Å². The zero-order valence-electron chi connectivity index (χ0n) is 36.7. The molecule has 2 aliphatic heterocycles. The van der Waals surface area contributed by atoms with E-state index in [4.69, 9.17) is 30.4 Å². The van der Waals surface area contributed by atoms with Gasteiger partial charge in [0.05, 0.1) is 13.2 Å². The van der Waals surface area contributed by atoms with Crippen LogP contribution in [-0.4, -0.2) is 65.5 Å². The molecule has 1 saturated carbocycles. The van der Waals surface area contributed by atoms with Crippen LogP contribution in [0.3, 0.4) is 0 Å². The van der Waals surface area contributed by atoms with Crippen molar-refractivity contribution in [3.63, 3.8) is 0 Å². The number of guanidine groups is 1. The summed E-state index contributed by atoms with van der Waals surface area (Å²) in [5.41, 5.74) is 18.3. The van der Waals surface area contributed by atoms with Gasteiger partial charge in [0.15, 0.2) is 17.5 Å². The van der Waals surface area contributed by atoms with Crippen molar-refractivity contribution >= 4 is 5.96 Å². The third-order valence-corrected chi connectivity index (χ3v) is 14.5. The molecule has 62 heavy (non-hydrogen) atoms. The minimum Gasteiger partial charge on any atom is -0.508 e. The summed E-state index contributed by atoms with van der Waals surface area (Å²) in [7, 11) is 1.70. The topological polar surface area (TPSA) is 182 Å². The number of phenols is 1. The molecule has 0 aromatic heterocycles. The van der Waals surface area contributed by atoms with Crippen LogP contribution in [0.2, 0.25) is 0 Å². The van der Waals surface area contributed by atoms with Crippen molar-refractivity contribution in [3.05, 3.63) is 76.4 Å². The first kappa shape index (κ1) is 43.7. The zero-order chi connectivity index (χ0) is 43.7. The number of phenolic OH excluding ortho intramolecular Hbond substituents is 1. The minimum atomic E-state index is -0.888. The number of hydrogen-bond acceptors (Lipinski definition) is 9. The van der Waals surface area contributed by atoms with Crippen LogP contribution in [0.1, 0.15) is 106 Å². The Kier molecular flexibility index (Phi) is 13.3. The molecule has 8 N–H and O–H groups in total. The number of benzene rings is 3. The summed E-state index contributed by atoms with van der Waals surface area (Å²) < 4.78 is 26.1. The van der Waals surface area contributed by atoms with Gasteiger partial charge < -0.3 is 50.8 Å². The molecule has 0 saturated heterocycles. The van der Waals surface area contributed by atoms with Crippen LogP contribution in [0.4, 0.5) is 0 Å². The predicted octanol–water partition coefficient (Wildman–Crippen LogP) is 7.33. The number of nitrogens with two attached hydrogens (primary N) is 2. The first-order valence-electron chi connectivity index (χ1n) is 22.9. The Labute approximate surface area is 366 Å². The number of fused-ring (bicyclic) bond motifs is 7. The van der Waals surface area contributed by atoms with Crippen LogP contribution >= 0.6 is 0 Å². The SMILES string of the molecule is CC[C@@H]1C[C@H]([C@H]2Cc3cc(O)c(CC(C)C)cc3-c3c(OC)cc4c(c32)C[C@@H](O)[C@H](c2ccc3c(c2)O[C@@H]2[C@H](CC#CO3)CC[C@@H](CO)[C@H]2CCN=C(N)N)O4)C=C[C@H]1CCO. The lowest BCUT2D eigenvalue weighted by molar-refractivity contribution is -0.0157. The largest absolute Gasteiger partial charge is 0.508 e. The Bertz CT molecular complexity index is 2220. The van der Waals surface area contributed by atoms with Crippen molar-refractivity contribution in [2.24, 2.45) is 57.9 Å². The Hall–Kier alpha value is -4.89. The Morgan fingerprint density at radius 1 is 0.984 bits per heavy atom. The van der Waals surface area contributed by atoms with Crippen molar-refractivity contribution in [2.75, 3.05) is 26.9 Å². The predicted molar refractivity (Wildman–Crippen MR) is 240 cm³/mol. The summed E-state index contributed by atoms with van der Waals surface area (Å²) in [6.45, 7) is 7.18. The van der Waals surface area contributed by atoms with E-state index in [0.29, 0.717) is 72.3 Å². The molecule has 3 aromatic carbocycles. The third kappa shape index (κ3) is 8.71. The fourth-order valence-electron chi connectivity index (χ4n) is 11.4. The molecule has 3 aliphatic carbocycles. The normalized spacial score (nSPS) is 28.3. The van der Waals surface area contributed by atoms with E-state index < -0.39 is 12.2 Å². The molecule has 0 bridgehead atoms. The molecule has 0 radical (unpaired) electrons. The van der Waals surface area contributed by atoms with Crippen LogP contribution in [0, 0.1) is 53.5 Å². The first-order valence-corrected chi connectivity index (χ1v) is 22.9. The highest BCUT2D eigenvalue weighted by Gasteiger charge is 2.44. The number of aliphatic hydroxyl groups is 3. The smallest absolute Gasteiger partial charge is 0.185 e. The quantitative estimate of drug-likeness (QED) is 0.0467. The molecular formula is C51H65N3O8. The number of ether oxygens (including phenoxy) is 4. The van der Waals surface area contributed by atoms with E-state index in [1.807, 2.05) is 30.3 Å². The first-order chi connectivity index (χ1) is 30.0. The maximum atomic E-state index is 12.2. The summed E-state index contributed by atoms with van der Waals surface area (Å²) in [5, 5.41) is 43.9. The Morgan fingerprint density at radius 3 is 2.56 bits per heavy atom. The molecule has 11 nitrogen and oxygen atoms in total. The monoisotopic (exact) mass is 847 g/mol. The van der Waals surface area contributed by atoms with Crippen molar-refractivity contribution in [1.82, 2.24) is 0 Å². The van der Waals surface area contributed by atoms with Crippen LogP contribution in [0.5, 0.6) is 28.7 Å². The Balaban J connectivity index is 1.19. The van der Waals surface area contributed by atoms with E-state index in [1.54, 1.807) is 7.11 Å². The Morgan fingerprint density at radius 2 is 1.82 bits per heavy atom. The lowest BCUT2D eigenvalue weighted by atomic mass is 9.65. The van der Waals surface area contributed by atoms with E-state index >= 15 is 0 Å². The summed E-state index contributed by atoms with van der Waals surface area (Å²) >= 11 is 0. The van der Waals surface area contributed by atoms with E-state index in [0.717, 1.165) is 83.9 Å². The van der Waals surface area contributed by atoms with E-state index in [9.17, 15) is 20.4 Å². The van der Waals surface area contributed by atoms with Crippen LogP contribution in [0.15, 0.2) is 53.5 Å². The average molecular weight is 848 g/mol. The number of allylic oxidation sites excluding steroid dienone is 2. The number of methoxy groups -OCH3 is 1. The van der Waals surface area contributed by atoms with E-state index in [2.05, 4.69) is 56.0 Å². The highest BCUT2D eigenvalue weighted by molar-refractivity contribution is 5.84. The lowest BCUT2D eigenvalue weighted by Gasteiger charge is -2.42. The van der Waals surface area contributed by atoms with Gasteiger partial charge in [-0.05, 0) is 133 Å². The second-order valence-electron chi connectivity index (χ2n) is 18.7. The van der Waals surface area contributed by atoms with Crippen LogP contribution < -0.4 is 30.4 Å². The van der Waals surface area contributed by atoms with Gasteiger partial charge in [0.1, 0.15) is 35.6 Å². The van der Waals surface area contributed by atoms with Gasteiger partial charge in [0.25, 0.3) is 0 Å². The molecule has 0 unspecified atom stereocenters.